The summed E-state index contributed by atoms with van der Waals surface area (Å²) in [6, 6.07) is 11.7. The lowest BCUT2D eigenvalue weighted by Crippen LogP contribution is -2.08. The average Bonchev–Trinajstić information content (AvgIpc) is 2.38. The summed E-state index contributed by atoms with van der Waals surface area (Å²) in [6.07, 6.45) is 0. The number of anilines is 1. The standard InChI is InChI=1S/C15H14BrCl2N/c1-9-4-3-5-14(15(9)16)19-10(2)12-8-11(17)6-7-13(12)18/h3-8,10,19H,1-2H3. The number of nitrogens with one attached hydrogen (secondary N) is 1. The first kappa shape index (κ1) is 14.7. The van der Waals surface area contributed by atoms with Crippen LogP contribution in [0.5, 0.6) is 0 Å². The van der Waals surface area contributed by atoms with Gasteiger partial charge in [0.05, 0.1) is 6.04 Å². The van der Waals surface area contributed by atoms with E-state index in [1.54, 1.807) is 6.07 Å². The predicted octanol–water partition coefficient (Wildman–Crippen LogP) is 6.24. The van der Waals surface area contributed by atoms with Crippen molar-refractivity contribution in [2.75, 3.05) is 5.32 Å². The summed E-state index contributed by atoms with van der Waals surface area (Å²) in [5.74, 6) is 0. The van der Waals surface area contributed by atoms with Gasteiger partial charge in [0.1, 0.15) is 0 Å². The molecule has 2 aromatic carbocycles. The van der Waals surface area contributed by atoms with Crippen molar-refractivity contribution in [2.45, 2.75) is 19.9 Å². The monoisotopic (exact) mass is 357 g/mol. The molecule has 1 nitrogen and oxygen atoms in total. The molecule has 0 bridgehead atoms. The Morgan fingerprint density at radius 3 is 2.63 bits per heavy atom. The van der Waals surface area contributed by atoms with Gasteiger partial charge in [-0.3, -0.25) is 0 Å². The first-order valence-corrected chi connectivity index (χ1v) is 7.50. The van der Waals surface area contributed by atoms with E-state index in [0.29, 0.717) is 10.0 Å². The van der Waals surface area contributed by atoms with Gasteiger partial charge in [0.15, 0.2) is 0 Å². The number of hydrogen-bond donors (Lipinski definition) is 1. The van der Waals surface area contributed by atoms with E-state index in [9.17, 15) is 0 Å². The molecule has 0 aliphatic rings. The molecular weight excluding hydrogens is 345 g/mol. The van der Waals surface area contributed by atoms with Crippen molar-refractivity contribution in [1.29, 1.82) is 0 Å². The van der Waals surface area contributed by atoms with Crippen molar-refractivity contribution in [2.24, 2.45) is 0 Å². The minimum Gasteiger partial charge on any atom is -0.378 e. The molecule has 1 atom stereocenters. The molecule has 1 N–H and O–H groups in total. The first-order chi connectivity index (χ1) is 8.99. The highest BCUT2D eigenvalue weighted by Crippen LogP contribution is 2.32. The van der Waals surface area contributed by atoms with E-state index < -0.39 is 0 Å². The molecule has 0 saturated heterocycles. The number of benzene rings is 2. The van der Waals surface area contributed by atoms with Gasteiger partial charge in [0, 0.05) is 20.2 Å². The van der Waals surface area contributed by atoms with Crippen LogP contribution >= 0.6 is 39.1 Å². The van der Waals surface area contributed by atoms with Crippen LogP contribution in [-0.2, 0) is 0 Å². The van der Waals surface area contributed by atoms with Gasteiger partial charge in [-0.25, -0.2) is 0 Å². The van der Waals surface area contributed by atoms with Gasteiger partial charge < -0.3 is 5.32 Å². The molecule has 2 rings (SSSR count). The van der Waals surface area contributed by atoms with Crippen LogP contribution < -0.4 is 5.32 Å². The van der Waals surface area contributed by atoms with Gasteiger partial charge in [0.25, 0.3) is 0 Å². The second-order valence-corrected chi connectivity index (χ2v) is 6.10. The second kappa shape index (κ2) is 6.17. The fourth-order valence-corrected chi connectivity index (χ4v) is 2.76. The number of aryl methyl sites for hydroxylation is 1. The van der Waals surface area contributed by atoms with Crippen LogP contribution in [0.2, 0.25) is 10.0 Å². The maximum Gasteiger partial charge on any atom is 0.0501 e. The zero-order valence-electron chi connectivity index (χ0n) is 10.7. The smallest absolute Gasteiger partial charge is 0.0501 e. The highest BCUT2D eigenvalue weighted by Gasteiger charge is 2.12. The Kier molecular flexibility index (Phi) is 4.77. The van der Waals surface area contributed by atoms with Gasteiger partial charge in [-0.2, -0.15) is 0 Å². The minimum absolute atomic E-state index is 0.0734. The zero-order chi connectivity index (χ0) is 14.0. The van der Waals surface area contributed by atoms with Crippen LogP contribution in [0.1, 0.15) is 24.1 Å². The molecule has 0 aliphatic heterocycles. The molecule has 1 unspecified atom stereocenters. The summed E-state index contributed by atoms with van der Waals surface area (Å²) < 4.78 is 1.07. The molecule has 19 heavy (non-hydrogen) atoms. The molecular formula is C15H14BrCl2N. The summed E-state index contributed by atoms with van der Waals surface area (Å²) in [5, 5.41) is 4.85. The van der Waals surface area contributed by atoms with Crippen LogP contribution in [0.4, 0.5) is 5.69 Å². The number of halogens is 3. The van der Waals surface area contributed by atoms with Crippen molar-refractivity contribution < 1.29 is 0 Å². The molecule has 0 aromatic heterocycles. The maximum atomic E-state index is 6.22. The largest absolute Gasteiger partial charge is 0.378 e. The number of hydrogen-bond acceptors (Lipinski definition) is 1. The Morgan fingerprint density at radius 2 is 1.89 bits per heavy atom. The quantitative estimate of drug-likeness (QED) is 0.684. The van der Waals surface area contributed by atoms with Gasteiger partial charge in [-0.1, -0.05) is 35.3 Å². The Hall–Kier alpha value is -0.700. The van der Waals surface area contributed by atoms with E-state index in [2.05, 4.69) is 41.2 Å². The predicted molar refractivity (Wildman–Crippen MR) is 87.4 cm³/mol. The van der Waals surface area contributed by atoms with Crippen molar-refractivity contribution in [3.8, 4) is 0 Å². The Balaban J connectivity index is 2.28. The van der Waals surface area contributed by atoms with E-state index in [1.807, 2.05) is 24.3 Å². The minimum atomic E-state index is 0.0734. The molecule has 0 radical (unpaired) electrons. The van der Waals surface area contributed by atoms with Crippen molar-refractivity contribution in [3.63, 3.8) is 0 Å². The average molecular weight is 359 g/mol. The molecule has 0 spiro atoms. The fourth-order valence-electron chi connectivity index (χ4n) is 1.92. The highest BCUT2D eigenvalue weighted by molar-refractivity contribution is 9.10. The summed E-state index contributed by atoms with van der Waals surface area (Å²) >= 11 is 15.8. The van der Waals surface area contributed by atoms with Gasteiger partial charge in [0.2, 0.25) is 0 Å². The second-order valence-electron chi connectivity index (χ2n) is 4.47. The van der Waals surface area contributed by atoms with E-state index in [0.717, 1.165) is 15.7 Å². The van der Waals surface area contributed by atoms with Crippen LogP contribution in [0.15, 0.2) is 40.9 Å². The number of rotatable bonds is 3. The Bertz CT molecular complexity index is 599. The van der Waals surface area contributed by atoms with Crippen molar-refractivity contribution in [1.82, 2.24) is 0 Å². The van der Waals surface area contributed by atoms with E-state index >= 15 is 0 Å². The van der Waals surface area contributed by atoms with E-state index in [-0.39, 0.29) is 6.04 Å². The normalized spacial score (nSPS) is 12.3. The molecule has 0 aliphatic carbocycles. The van der Waals surface area contributed by atoms with Gasteiger partial charge in [-0.05, 0) is 65.2 Å². The summed E-state index contributed by atoms with van der Waals surface area (Å²) in [5.41, 5.74) is 3.22. The van der Waals surface area contributed by atoms with E-state index in [4.69, 9.17) is 23.2 Å². The lowest BCUT2D eigenvalue weighted by molar-refractivity contribution is 0.883. The van der Waals surface area contributed by atoms with Crippen LogP contribution in [0.25, 0.3) is 0 Å². The van der Waals surface area contributed by atoms with E-state index in [1.165, 1.54) is 5.56 Å². The van der Waals surface area contributed by atoms with Crippen molar-refractivity contribution >= 4 is 44.8 Å². The van der Waals surface area contributed by atoms with Gasteiger partial charge >= 0.3 is 0 Å². The fraction of sp³-hybridized carbons (Fsp3) is 0.200. The third-order valence-electron chi connectivity index (χ3n) is 2.99. The Morgan fingerprint density at radius 1 is 1.16 bits per heavy atom. The zero-order valence-corrected chi connectivity index (χ0v) is 13.8. The molecule has 0 saturated carbocycles. The Labute approximate surface area is 132 Å². The lowest BCUT2D eigenvalue weighted by Gasteiger charge is -2.19. The van der Waals surface area contributed by atoms with Crippen molar-refractivity contribution in [3.05, 3.63) is 62.0 Å². The molecule has 0 heterocycles. The molecule has 0 fully saturated rings. The SMILES string of the molecule is Cc1cccc(NC(C)c2cc(Cl)ccc2Cl)c1Br. The summed E-state index contributed by atoms with van der Waals surface area (Å²) in [7, 11) is 0. The van der Waals surface area contributed by atoms with Crippen LogP contribution in [-0.4, -0.2) is 0 Å². The van der Waals surface area contributed by atoms with Crippen LogP contribution in [0, 0.1) is 6.92 Å². The van der Waals surface area contributed by atoms with Gasteiger partial charge in [-0.15, -0.1) is 0 Å². The lowest BCUT2D eigenvalue weighted by atomic mass is 10.1. The molecule has 0 amide bonds. The first-order valence-electron chi connectivity index (χ1n) is 5.95. The summed E-state index contributed by atoms with van der Waals surface area (Å²) in [6.45, 7) is 4.12. The third-order valence-corrected chi connectivity index (χ3v) is 4.62. The molecule has 100 valence electrons. The molecule has 4 heteroatoms. The maximum absolute atomic E-state index is 6.22. The highest BCUT2D eigenvalue weighted by atomic mass is 79.9. The third kappa shape index (κ3) is 3.44. The summed E-state index contributed by atoms with van der Waals surface area (Å²) in [4.78, 5) is 0. The topological polar surface area (TPSA) is 12.0 Å². The van der Waals surface area contributed by atoms with Crippen LogP contribution in [0.3, 0.4) is 0 Å². The molecule has 2 aromatic rings.